The Hall–Kier alpha value is -1.76. The maximum Gasteiger partial charge on any atom is 0.337 e. The number of halogens is 3. The van der Waals surface area contributed by atoms with Crippen LogP contribution in [0.2, 0.25) is 5.15 Å². The van der Waals surface area contributed by atoms with E-state index in [0.29, 0.717) is 6.07 Å². The third-order valence-electron chi connectivity index (χ3n) is 1.98. The Labute approximate surface area is 112 Å². The van der Waals surface area contributed by atoms with Crippen LogP contribution in [0.4, 0.5) is 8.78 Å². The Morgan fingerprint density at radius 1 is 1.37 bits per heavy atom. The zero-order valence-corrected chi connectivity index (χ0v) is 11.1. The van der Waals surface area contributed by atoms with Gasteiger partial charge in [0.1, 0.15) is 5.56 Å². The molecule has 19 heavy (non-hydrogen) atoms. The molecule has 0 aliphatic carbocycles. The first-order valence-electron chi connectivity index (χ1n) is 5.16. The number of nitrogens with one attached hydrogen (secondary N) is 1. The van der Waals surface area contributed by atoms with Crippen LogP contribution in [0.3, 0.4) is 0 Å². The zero-order chi connectivity index (χ0) is 14.8. The van der Waals surface area contributed by atoms with Gasteiger partial charge in [-0.2, -0.15) is 9.87 Å². The normalized spacial score (nSPS) is 11.1. The van der Waals surface area contributed by atoms with Gasteiger partial charge in [-0.1, -0.05) is 11.6 Å². The molecule has 0 saturated heterocycles. The number of amides is 1. The second kappa shape index (κ2) is 5.48. The van der Waals surface area contributed by atoms with E-state index < -0.39 is 39.8 Å². The Kier molecular flexibility index (Phi) is 4.41. The first kappa shape index (κ1) is 15.3. The van der Waals surface area contributed by atoms with Gasteiger partial charge in [-0.3, -0.25) is 4.79 Å². The number of rotatable bonds is 1. The van der Waals surface area contributed by atoms with Gasteiger partial charge in [0.05, 0.1) is 5.41 Å². The summed E-state index contributed by atoms with van der Waals surface area (Å²) in [5.41, 5.74) is 0.144. The Balaban J connectivity index is 2.80. The van der Waals surface area contributed by atoms with Gasteiger partial charge in [0.25, 0.3) is 5.91 Å². The maximum absolute atomic E-state index is 13.3. The molecule has 1 aromatic heterocycles. The lowest BCUT2D eigenvalue weighted by molar-refractivity contribution is -0.158. The summed E-state index contributed by atoms with van der Waals surface area (Å²) in [5.74, 6) is -4.20. The van der Waals surface area contributed by atoms with Crippen molar-refractivity contribution in [3.8, 4) is 0 Å². The van der Waals surface area contributed by atoms with Crippen molar-refractivity contribution in [3.63, 3.8) is 0 Å². The summed E-state index contributed by atoms with van der Waals surface area (Å²) in [5, 5.41) is -0.694. The molecule has 0 radical (unpaired) electrons. The van der Waals surface area contributed by atoms with Crippen molar-refractivity contribution in [1.82, 2.24) is 10.5 Å². The van der Waals surface area contributed by atoms with Crippen LogP contribution >= 0.6 is 11.6 Å². The summed E-state index contributed by atoms with van der Waals surface area (Å²) >= 11 is 5.23. The number of hydrogen-bond acceptors (Lipinski definition) is 4. The van der Waals surface area contributed by atoms with E-state index >= 15 is 0 Å². The van der Waals surface area contributed by atoms with E-state index in [2.05, 4.69) is 9.82 Å². The van der Waals surface area contributed by atoms with Crippen LogP contribution in [0.15, 0.2) is 6.07 Å². The van der Waals surface area contributed by atoms with Crippen molar-refractivity contribution in [2.24, 2.45) is 5.41 Å². The molecule has 1 amide bonds. The topological polar surface area (TPSA) is 68.3 Å². The highest BCUT2D eigenvalue weighted by atomic mass is 35.5. The predicted octanol–water partition coefficient (Wildman–Crippen LogP) is 2.25. The Bertz CT molecular complexity index is 529. The minimum Gasteiger partial charge on any atom is -0.340 e. The number of carbonyl (C=O) groups is 2. The molecule has 0 atom stereocenters. The highest BCUT2D eigenvalue weighted by Gasteiger charge is 2.25. The molecule has 1 rings (SSSR count). The number of aromatic nitrogens is 1. The molecule has 1 N–H and O–H groups in total. The fourth-order valence-electron chi connectivity index (χ4n) is 0.906. The van der Waals surface area contributed by atoms with Gasteiger partial charge in [0.15, 0.2) is 11.0 Å². The highest BCUT2D eigenvalue weighted by molar-refractivity contribution is 6.29. The summed E-state index contributed by atoms with van der Waals surface area (Å²) in [7, 11) is 0. The molecule has 0 fully saturated rings. The molecule has 0 bridgehead atoms. The molecule has 1 aromatic rings. The SMILES string of the molecule is CC(C)(C)C(=O)ONC(=O)c1cc(F)c(Cl)nc1F. The average molecular weight is 293 g/mol. The van der Waals surface area contributed by atoms with Crippen LogP contribution in [0, 0.1) is 17.2 Å². The minimum absolute atomic E-state index is 0.560. The third-order valence-corrected chi connectivity index (χ3v) is 2.25. The van der Waals surface area contributed by atoms with Gasteiger partial charge in [-0.15, -0.1) is 0 Å². The summed E-state index contributed by atoms with van der Waals surface area (Å²) in [6, 6.07) is 0.560. The van der Waals surface area contributed by atoms with E-state index in [0.717, 1.165) is 0 Å². The van der Waals surface area contributed by atoms with E-state index in [9.17, 15) is 18.4 Å². The quantitative estimate of drug-likeness (QED) is 0.637. The molecule has 104 valence electrons. The van der Waals surface area contributed by atoms with Gasteiger partial charge >= 0.3 is 5.97 Å². The van der Waals surface area contributed by atoms with E-state index in [1.54, 1.807) is 26.3 Å². The number of nitrogens with zero attached hydrogens (tertiary/aromatic N) is 1. The second-order valence-electron chi connectivity index (χ2n) is 4.67. The molecule has 0 aliphatic heterocycles. The van der Waals surface area contributed by atoms with Crippen LogP contribution in [0.1, 0.15) is 31.1 Å². The van der Waals surface area contributed by atoms with Crippen LogP contribution in [0.5, 0.6) is 0 Å². The number of pyridine rings is 1. The molecule has 0 unspecified atom stereocenters. The number of hydroxylamine groups is 1. The zero-order valence-electron chi connectivity index (χ0n) is 10.4. The number of hydrogen-bond donors (Lipinski definition) is 1. The van der Waals surface area contributed by atoms with Crippen molar-refractivity contribution in [1.29, 1.82) is 0 Å². The number of carbonyl (C=O) groups excluding carboxylic acids is 2. The average Bonchev–Trinajstić information content (AvgIpc) is 2.29. The molecule has 0 aliphatic rings. The lowest BCUT2D eigenvalue weighted by Gasteiger charge is -2.15. The Morgan fingerprint density at radius 2 is 1.95 bits per heavy atom. The molecule has 5 nitrogen and oxygen atoms in total. The monoisotopic (exact) mass is 292 g/mol. The van der Waals surface area contributed by atoms with Crippen molar-refractivity contribution in [3.05, 3.63) is 28.5 Å². The molecule has 1 heterocycles. The van der Waals surface area contributed by atoms with Gasteiger partial charge in [-0.25, -0.2) is 14.2 Å². The molecule has 0 saturated carbocycles. The van der Waals surface area contributed by atoms with Gasteiger partial charge in [0, 0.05) is 0 Å². The second-order valence-corrected chi connectivity index (χ2v) is 5.03. The molecular formula is C11H11ClF2N2O3. The minimum atomic E-state index is -1.27. The molecule has 8 heteroatoms. The fourth-order valence-corrected chi connectivity index (χ4v) is 1.03. The molecule has 0 spiro atoms. The van der Waals surface area contributed by atoms with Crippen molar-refractivity contribution >= 4 is 23.5 Å². The van der Waals surface area contributed by atoms with Crippen LogP contribution in [0.25, 0.3) is 0 Å². The maximum atomic E-state index is 13.3. The van der Waals surface area contributed by atoms with Crippen molar-refractivity contribution in [2.45, 2.75) is 20.8 Å². The highest BCUT2D eigenvalue weighted by Crippen LogP contribution is 2.16. The lowest BCUT2D eigenvalue weighted by atomic mass is 9.98. The van der Waals surface area contributed by atoms with E-state index in [-0.39, 0.29) is 0 Å². The summed E-state index contributed by atoms with van der Waals surface area (Å²) in [4.78, 5) is 30.3. The largest absolute Gasteiger partial charge is 0.340 e. The van der Waals surface area contributed by atoms with E-state index in [1.807, 2.05) is 0 Å². The van der Waals surface area contributed by atoms with Crippen LogP contribution in [-0.4, -0.2) is 16.9 Å². The molecular weight excluding hydrogens is 282 g/mol. The molecule has 0 aromatic carbocycles. The summed E-state index contributed by atoms with van der Waals surface area (Å²) in [6.07, 6.45) is 0. The van der Waals surface area contributed by atoms with Gasteiger partial charge in [-0.05, 0) is 26.8 Å². The van der Waals surface area contributed by atoms with Crippen LogP contribution < -0.4 is 5.48 Å². The van der Waals surface area contributed by atoms with Crippen molar-refractivity contribution < 1.29 is 23.2 Å². The summed E-state index contributed by atoms with van der Waals surface area (Å²) < 4.78 is 26.3. The Morgan fingerprint density at radius 3 is 2.47 bits per heavy atom. The predicted molar refractivity (Wildman–Crippen MR) is 62.2 cm³/mol. The van der Waals surface area contributed by atoms with Crippen molar-refractivity contribution in [2.75, 3.05) is 0 Å². The van der Waals surface area contributed by atoms with Gasteiger partial charge < -0.3 is 4.84 Å². The first-order chi connectivity index (χ1) is 8.62. The smallest absolute Gasteiger partial charge is 0.337 e. The standard InChI is InChI=1S/C11H11ClF2N2O3/c1-11(2,3)10(18)19-16-9(17)5-4-6(13)7(12)15-8(5)14/h4H,1-3H3,(H,16,17). The third kappa shape index (κ3) is 3.85. The van der Waals surface area contributed by atoms with Crippen LogP contribution in [-0.2, 0) is 9.63 Å². The first-order valence-corrected chi connectivity index (χ1v) is 5.54. The fraction of sp³-hybridized carbons (Fsp3) is 0.364. The lowest BCUT2D eigenvalue weighted by Crippen LogP contribution is -2.33. The summed E-state index contributed by atoms with van der Waals surface area (Å²) in [6.45, 7) is 4.68. The van der Waals surface area contributed by atoms with E-state index in [4.69, 9.17) is 11.6 Å². The van der Waals surface area contributed by atoms with Gasteiger partial charge in [0.2, 0.25) is 5.95 Å². The van der Waals surface area contributed by atoms with E-state index in [1.165, 1.54) is 0 Å².